The molecule has 0 aromatic rings. The first kappa shape index (κ1) is 13.6. The summed E-state index contributed by atoms with van der Waals surface area (Å²) >= 11 is 0. The molecule has 0 atom stereocenters. The standard InChI is InChI=1S/C17H26O/c1-4-5-6-8-13-9-7-10-14-15(13)11-17(2,3)12-16(14)18/h8H,4-7,9-12H2,1-3H3/b13-8+. The topological polar surface area (TPSA) is 17.1 Å². The minimum atomic E-state index is 0.164. The Balaban J connectivity index is 2.25. The summed E-state index contributed by atoms with van der Waals surface area (Å²) in [6.45, 7) is 6.69. The summed E-state index contributed by atoms with van der Waals surface area (Å²) in [7, 11) is 0. The molecule has 0 aliphatic heterocycles. The predicted octanol–water partition coefficient (Wildman–Crippen LogP) is 4.97. The average Bonchev–Trinajstić information content (AvgIpc) is 2.29. The molecule has 1 heteroatoms. The summed E-state index contributed by atoms with van der Waals surface area (Å²) < 4.78 is 0. The molecule has 100 valence electrons. The smallest absolute Gasteiger partial charge is 0.159 e. The Kier molecular flexibility index (Phi) is 4.09. The molecule has 0 aromatic carbocycles. The van der Waals surface area contributed by atoms with Gasteiger partial charge in [-0.2, -0.15) is 0 Å². The number of allylic oxidation sites excluding steroid dienone is 4. The largest absolute Gasteiger partial charge is 0.295 e. The average molecular weight is 246 g/mol. The van der Waals surface area contributed by atoms with Gasteiger partial charge >= 0.3 is 0 Å². The first-order chi connectivity index (χ1) is 8.53. The molecule has 0 N–H and O–H groups in total. The van der Waals surface area contributed by atoms with Gasteiger partial charge in [-0.25, -0.2) is 0 Å². The number of hydrogen-bond acceptors (Lipinski definition) is 1. The number of ketones is 1. The van der Waals surface area contributed by atoms with Crippen LogP contribution in [0.5, 0.6) is 0 Å². The summed E-state index contributed by atoms with van der Waals surface area (Å²) in [5.74, 6) is 0.419. The van der Waals surface area contributed by atoms with E-state index >= 15 is 0 Å². The molecule has 0 saturated carbocycles. The molecule has 1 nitrogen and oxygen atoms in total. The summed E-state index contributed by atoms with van der Waals surface area (Å²) in [6.07, 6.45) is 11.3. The number of hydrogen-bond donors (Lipinski definition) is 0. The molecule has 2 aliphatic carbocycles. The maximum absolute atomic E-state index is 12.2. The van der Waals surface area contributed by atoms with Crippen LogP contribution in [0.25, 0.3) is 0 Å². The van der Waals surface area contributed by atoms with Crippen molar-refractivity contribution in [3.63, 3.8) is 0 Å². The van der Waals surface area contributed by atoms with Gasteiger partial charge in [0.1, 0.15) is 0 Å². The van der Waals surface area contributed by atoms with Crippen LogP contribution in [0.15, 0.2) is 22.8 Å². The summed E-state index contributed by atoms with van der Waals surface area (Å²) in [6, 6.07) is 0. The third-order valence-corrected chi connectivity index (χ3v) is 4.20. The zero-order valence-corrected chi connectivity index (χ0v) is 12.1. The minimum Gasteiger partial charge on any atom is -0.295 e. The SMILES string of the molecule is CCCC/C=C1\CCCC2=C1CC(C)(C)CC2=O. The van der Waals surface area contributed by atoms with Gasteiger partial charge in [0, 0.05) is 6.42 Å². The van der Waals surface area contributed by atoms with Crippen LogP contribution in [-0.2, 0) is 4.79 Å². The second-order valence-corrected chi connectivity index (χ2v) is 6.62. The van der Waals surface area contributed by atoms with Crippen molar-refractivity contribution in [3.8, 4) is 0 Å². The molecule has 0 saturated heterocycles. The molecule has 0 fully saturated rings. The first-order valence-corrected chi connectivity index (χ1v) is 7.48. The maximum atomic E-state index is 12.2. The van der Waals surface area contributed by atoms with Crippen LogP contribution >= 0.6 is 0 Å². The molecular formula is C17H26O. The zero-order valence-electron chi connectivity index (χ0n) is 12.1. The Morgan fingerprint density at radius 3 is 2.67 bits per heavy atom. The number of rotatable bonds is 3. The molecule has 0 amide bonds. The molecule has 0 spiro atoms. The van der Waals surface area contributed by atoms with E-state index < -0.39 is 0 Å². The van der Waals surface area contributed by atoms with Gasteiger partial charge in [0.2, 0.25) is 0 Å². The second-order valence-electron chi connectivity index (χ2n) is 6.62. The lowest BCUT2D eigenvalue weighted by Gasteiger charge is -2.35. The van der Waals surface area contributed by atoms with Crippen molar-refractivity contribution in [2.24, 2.45) is 5.41 Å². The first-order valence-electron chi connectivity index (χ1n) is 7.48. The van der Waals surface area contributed by atoms with Crippen molar-refractivity contribution in [2.75, 3.05) is 0 Å². The Hall–Kier alpha value is -0.850. The fourth-order valence-electron chi connectivity index (χ4n) is 3.27. The van der Waals surface area contributed by atoms with Gasteiger partial charge in [-0.3, -0.25) is 4.79 Å². The van der Waals surface area contributed by atoms with Gasteiger partial charge in [0.25, 0.3) is 0 Å². The monoisotopic (exact) mass is 246 g/mol. The van der Waals surface area contributed by atoms with E-state index in [0.29, 0.717) is 5.78 Å². The summed E-state index contributed by atoms with van der Waals surface area (Å²) in [5, 5.41) is 0. The Morgan fingerprint density at radius 1 is 1.17 bits per heavy atom. The summed E-state index contributed by atoms with van der Waals surface area (Å²) in [5.41, 5.74) is 4.24. The lowest BCUT2D eigenvalue weighted by Crippen LogP contribution is -2.28. The molecule has 0 unspecified atom stereocenters. The van der Waals surface area contributed by atoms with Crippen LogP contribution in [0.4, 0.5) is 0 Å². The number of Topliss-reactive ketones (excluding diaryl/α,β-unsaturated/α-hetero) is 1. The van der Waals surface area contributed by atoms with Crippen LogP contribution in [0.2, 0.25) is 0 Å². The second kappa shape index (κ2) is 5.42. The van der Waals surface area contributed by atoms with Gasteiger partial charge < -0.3 is 0 Å². The number of carbonyl (C=O) groups is 1. The number of unbranched alkanes of at least 4 members (excludes halogenated alkanes) is 2. The molecule has 0 radical (unpaired) electrons. The van der Waals surface area contributed by atoms with Crippen LogP contribution in [0.3, 0.4) is 0 Å². The Labute approximate surface area is 111 Å². The van der Waals surface area contributed by atoms with Crippen molar-refractivity contribution in [3.05, 3.63) is 22.8 Å². The van der Waals surface area contributed by atoms with Crippen molar-refractivity contribution in [2.45, 2.75) is 72.1 Å². The van der Waals surface area contributed by atoms with Crippen molar-refractivity contribution in [1.82, 2.24) is 0 Å². The third-order valence-electron chi connectivity index (χ3n) is 4.20. The maximum Gasteiger partial charge on any atom is 0.159 e. The van der Waals surface area contributed by atoms with Crippen LogP contribution in [0.1, 0.15) is 72.1 Å². The molecular weight excluding hydrogens is 220 g/mol. The normalized spacial score (nSPS) is 25.5. The van der Waals surface area contributed by atoms with E-state index in [1.165, 1.54) is 48.8 Å². The predicted molar refractivity (Wildman–Crippen MR) is 76.5 cm³/mol. The van der Waals surface area contributed by atoms with Crippen LogP contribution < -0.4 is 0 Å². The van der Waals surface area contributed by atoms with E-state index in [9.17, 15) is 4.79 Å². The van der Waals surface area contributed by atoms with Gasteiger partial charge in [0.05, 0.1) is 0 Å². The Morgan fingerprint density at radius 2 is 1.94 bits per heavy atom. The highest BCUT2D eigenvalue weighted by Crippen LogP contribution is 2.44. The van der Waals surface area contributed by atoms with E-state index in [4.69, 9.17) is 0 Å². The molecule has 0 aromatic heterocycles. The van der Waals surface area contributed by atoms with Crippen molar-refractivity contribution >= 4 is 5.78 Å². The molecule has 2 aliphatic rings. The lowest BCUT2D eigenvalue weighted by atomic mass is 9.68. The van der Waals surface area contributed by atoms with E-state index in [1.807, 2.05) is 0 Å². The summed E-state index contributed by atoms with van der Waals surface area (Å²) in [4.78, 5) is 12.2. The van der Waals surface area contributed by atoms with Gasteiger partial charge in [-0.05, 0) is 54.2 Å². The van der Waals surface area contributed by atoms with Gasteiger partial charge in [-0.1, -0.05) is 39.7 Å². The van der Waals surface area contributed by atoms with E-state index in [2.05, 4.69) is 26.8 Å². The molecule has 2 rings (SSSR count). The van der Waals surface area contributed by atoms with Crippen molar-refractivity contribution in [1.29, 1.82) is 0 Å². The van der Waals surface area contributed by atoms with Crippen LogP contribution in [0, 0.1) is 5.41 Å². The van der Waals surface area contributed by atoms with E-state index in [1.54, 1.807) is 0 Å². The highest BCUT2D eigenvalue weighted by Gasteiger charge is 2.34. The minimum absolute atomic E-state index is 0.164. The van der Waals surface area contributed by atoms with E-state index in [0.717, 1.165) is 19.3 Å². The highest BCUT2D eigenvalue weighted by atomic mass is 16.1. The van der Waals surface area contributed by atoms with Crippen molar-refractivity contribution < 1.29 is 4.79 Å². The fourth-order valence-corrected chi connectivity index (χ4v) is 3.27. The zero-order chi connectivity index (χ0) is 13.2. The highest BCUT2D eigenvalue weighted by molar-refractivity contribution is 5.98. The quantitative estimate of drug-likeness (QED) is 0.642. The fraction of sp³-hybridized carbons (Fsp3) is 0.706. The molecule has 0 heterocycles. The van der Waals surface area contributed by atoms with Gasteiger partial charge in [0.15, 0.2) is 5.78 Å². The Bertz CT molecular complexity index is 396. The molecule has 18 heavy (non-hydrogen) atoms. The third kappa shape index (κ3) is 2.93. The number of carbonyl (C=O) groups excluding carboxylic acids is 1. The van der Waals surface area contributed by atoms with E-state index in [-0.39, 0.29) is 5.41 Å². The lowest BCUT2D eigenvalue weighted by molar-refractivity contribution is -0.118. The van der Waals surface area contributed by atoms with Crippen LogP contribution in [-0.4, -0.2) is 5.78 Å². The van der Waals surface area contributed by atoms with Gasteiger partial charge in [-0.15, -0.1) is 0 Å². The molecule has 0 bridgehead atoms.